The summed E-state index contributed by atoms with van der Waals surface area (Å²) in [5.74, 6) is 0.726. The number of aromatic nitrogens is 2. The molecule has 0 radical (unpaired) electrons. The number of benzene rings is 2. The van der Waals surface area contributed by atoms with Gasteiger partial charge in [-0.1, -0.05) is 36.1 Å². The number of aryl methyl sites for hydroxylation is 1. The molecule has 166 valence electrons. The van der Waals surface area contributed by atoms with Gasteiger partial charge < -0.3 is 13.9 Å². The molecule has 9 heteroatoms. The molecule has 4 aromatic rings. The van der Waals surface area contributed by atoms with Gasteiger partial charge in [-0.05, 0) is 36.8 Å². The van der Waals surface area contributed by atoms with Crippen molar-refractivity contribution in [2.75, 3.05) is 18.6 Å². The average molecular weight is 461 g/mol. The van der Waals surface area contributed by atoms with Crippen molar-refractivity contribution in [2.45, 2.75) is 13.0 Å². The lowest BCUT2D eigenvalue weighted by molar-refractivity contribution is 0.0970. The molecule has 5 rings (SSSR count). The predicted octanol–water partition coefficient (Wildman–Crippen LogP) is 4.28. The predicted molar refractivity (Wildman–Crippen MR) is 124 cm³/mol. The first kappa shape index (κ1) is 20.9. The van der Waals surface area contributed by atoms with E-state index in [-0.39, 0.29) is 22.3 Å². The van der Waals surface area contributed by atoms with Crippen LogP contribution < -0.4 is 19.8 Å². The number of hydrogen-bond donors (Lipinski definition) is 0. The summed E-state index contributed by atoms with van der Waals surface area (Å²) in [6, 6.07) is 11.4. The van der Waals surface area contributed by atoms with Crippen LogP contribution in [0.25, 0.3) is 11.0 Å². The third kappa shape index (κ3) is 3.46. The molecule has 3 heterocycles. The maximum Gasteiger partial charge on any atom is 0.297 e. The van der Waals surface area contributed by atoms with E-state index in [0.717, 1.165) is 5.56 Å². The maximum absolute atomic E-state index is 13.6. The Labute approximate surface area is 192 Å². The van der Waals surface area contributed by atoms with E-state index in [2.05, 4.69) is 16.8 Å². The second-order valence-electron chi connectivity index (χ2n) is 7.39. The molecule has 1 amide bonds. The van der Waals surface area contributed by atoms with E-state index >= 15 is 0 Å². The van der Waals surface area contributed by atoms with Crippen LogP contribution in [-0.2, 0) is 0 Å². The number of nitrogens with zero attached hydrogens (tertiary/aromatic N) is 3. The minimum atomic E-state index is -0.712. The topological polar surface area (TPSA) is 94.8 Å². The second kappa shape index (κ2) is 8.18. The minimum absolute atomic E-state index is 0.00871. The van der Waals surface area contributed by atoms with Gasteiger partial charge >= 0.3 is 0 Å². The molecular weight excluding hydrogens is 442 g/mol. The van der Waals surface area contributed by atoms with Crippen molar-refractivity contribution in [1.82, 2.24) is 10.2 Å². The van der Waals surface area contributed by atoms with Crippen molar-refractivity contribution in [2.24, 2.45) is 0 Å². The van der Waals surface area contributed by atoms with Gasteiger partial charge in [-0.25, -0.2) is 0 Å². The Hall–Kier alpha value is -3.98. The molecule has 1 aliphatic rings. The van der Waals surface area contributed by atoms with Crippen molar-refractivity contribution >= 4 is 33.3 Å². The number of carbonyl (C=O) groups excluding carboxylic acids is 1. The zero-order chi connectivity index (χ0) is 23.1. The van der Waals surface area contributed by atoms with Crippen LogP contribution in [0.15, 0.2) is 64.3 Å². The largest absolute Gasteiger partial charge is 0.497 e. The third-order valence-corrected chi connectivity index (χ3v) is 6.20. The highest BCUT2D eigenvalue weighted by Gasteiger charge is 2.45. The summed E-state index contributed by atoms with van der Waals surface area (Å²) in [6.07, 6.45) is 1.66. The molecule has 1 atom stereocenters. The molecule has 0 spiro atoms. The van der Waals surface area contributed by atoms with Gasteiger partial charge in [0.15, 0.2) is 5.43 Å². The lowest BCUT2D eigenvalue weighted by Gasteiger charge is -2.22. The zero-order valence-electron chi connectivity index (χ0n) is 17.9. The molecule has 8 nitrogen and oxygen atoms in total. The molecule has 2 aromatic heterocycles. The first-order valence-electron chi connectivity index (χ1n) is 10.1. The minimum Gasteiger partial charge on any atom is -0.497 e. The molecule has 0 saturated carbocycles. The third-order valence-electron chi connectivity index (χ3n) is 5.36. The van der Waals surface area contributed by atoms with Crippen LogP contribution >= 0.6 is 11.3 Å². The maximum atomic E-state index is 13.6. The van der Waals surface area contributed by atoms with Crippen LogP contribution in [-0.4, -0.2) is 29.8 Å². The van der Waals surface area contributed by atoms with E-state index < -0.39 is 11.9 Å². The van der Waals surface area contributed by atoms with Gasteiger partial charge in [-0.3, -0.25) is 14.5 Å². The molecular formula is C24H19N3O5S. The van der Waals surface area contributed by atoms with Gasteiger partial charge in [-0.15, -0.1) is 10.2 Å². The quantitative estimate of drug-likeness (QED) is 0.396. The fraction of sp³-hybridized carbons (Fsp3) is 0.167. The van der Waals surface area contributed by atoms with Crippen molar-refractivity contribution in [3.63, 3.8) is 0 Å². The summed E-state index contributed by atoms with van der Waals surface area (Å²) >= 11 is 1.27. The number of methoxy groups -OCH3 is 1. The Kier molecular flexibility index (Phi) is 5.18. The number of carbonyl (C=O) groups is 1. The summed E-state index contributed by atoms with van der Waals surface area (Å²) in [7, 11) is 1.52. The van der Waals surface area contributed by atoms with Gasteiger partial charge in [0.2, 0.25) is 10.9 Å². The fourth-order valence-corrected chi connectivity index (χ4v) is 4.59. The van der Waals surface area contributed by atoms with Crippen molar-refractivity contribution < 1.29 is 18.7 Å². The van der Waals surface area contributed by atoms with Crippen molar-refractivity contribution in [3.8, 4) is 11.5 Å². The van der Waals surface area contributed by atoms with Crippen LogP contribution in [0.2, 0.25) is 0 Å². The van der Waals surface area contributed by atoms with Gasteiger partial charge in [0.25, 0.3) is 5.91 Å². The number of fused-ring (bicyclic) bond motifs is 2. The lowest BCUT2D eigenvalue weighted by Crippen LogP contribution is -2.29. The molecule has 0 fully saturated rings. The van der Waals surface area contributed by atoms with Crippen LogP contribution in [0.3, 0.4) is 0 Å². The molecule has 2 aromatic carbocycles. The lowest BCUT2D eigenvalue weighted by atomic mass is 9.98. The Bertz CT molecular complexity index is 1440. The van der Waals surface area contributed by atoms with E-state index in [1.165, 1.54) is 23.3 Å². The van der Waals surface area contributed by atoms with Gasteiger partial charge in [0, 0.05) is 6.07 Å². The van der Waals surface area contributed by atoms with Gasteiger partial charge in [0.05, 0.1) is 24.1 Å². The van der Waals surface area contributed by atoms with E-state index in [0.29, 0.717) is 33.6 Å². The fourth-order valence-electron chi connectivity index (χ4n) is 3.88. The number of amides is 1. The van der Waals surface area contributed by atoms with E-state index in [1.54, 1.807) is 43.3 Å². The number of hydrogen-bond acceptors (Lipinski definition) is 8. The standard InChI is InChI=1S/C24H19N3O5S/c1-4-11-31-15-7-5-14(6-8-15)20-19-21(28)17-10-9-16(30-3)12-18(17)32-22(19)23(29)27(20)24-26-25-13(2)33-24/h4-10,12,20H,1,11H2,2-3H3. The van der Waals surface area contributed by atoms with Gasteiger partial charge in [0.1, 0.15) is 28.7 Å². The Morgan fingerprint density at radius 3 is 2.58 bits per heavy atom. The highest BCUT2D eigenvalue weighted by atomic mass is 32.1. The molecule has 0 N–H and O–H groups in total. The van der Waals surface area contributed by atoms with Crippen LogP contribution in [0.4, 0.5) is 5.13 Å². The normalized spacial score (nSPS) is 15.0. The summed E-state index contributed by atoms with van der Waals surface area (Å²) in [5.41, 5.74) is 1.00. The Balaban J connectivity index is 1.71. The molecule has 0 aliphatic carbocycles. The first-order valence-corrected chi connectivity index (χ1v) is 11.0. The summed E-state index contributed by atoms with van der Waals surface area (Å²) in [6.45, 7) is 5.83. The molecule has 0 bridgehead atoms. The molecule has 33 heavy (non-hydrogen) atoms. The smallest absolute Gasteiger partial charge is 0.297 e. The van der Waals surface area contributed by atoms with E-state index in [1.807, 2.05) is 12.1 Å². The Morgan fingerprint density at radius 1 is 1.15 bits per heavy atom. The highest BCUT2D eigenvalue weighted by molar-refractivity contribution is 7.15. The van der Waals surface area contributed by atoms with Crippen molar-refractivity contribution in [1.29, 1.82) is 0 Å². The van der Waals surface area contributed by atoms with Crippen LogP contribution in [0, 0.1) is 6.92 Å². The second-order valence-corrected chi connectivity index (χ2v) is 8.55. The highest BCUT2D eigenvalue weighted by Crippen LogP contribution is 2.42. The SMILES string of the molecule is C=CCOc1ccc(C2c3c(oc4cc(OC)ccc4c3=O)C(=O)N2c2nnc(C)s2)cc1. The summed E-state index contributed by atoms with van der Waals surface area (Å²) in [4.78, 5) is 28.6. The van der Waals surface area contributed by atoms with Crippen LogP contribution in [0.5, 0.6) is 11.5 Å². The average Bonchev–Trinajstić information content (AvgIpc) is 3.38. The number of ether oxygens (including phenoxy) is 2. The zero-order valence-corrected chi connectivity index (χ0v) is 18.7. The monoisotopic (exact) mass is 461 g/mol. The van der Waals surface area contributed by atoms with Gasteiger partial charge in [-0.2, -0.15) is 0 Å². The number of rotatable bonds is 6. The summed E-state index contributed by atoms with van der Waals surface area (Å²) in [5, 5.41) is 9.68. The first-order chi connectivity index (χ1) is 16.0. The molecule has 1 aliphatic heterocycles. The number of anilines is 1. The van der Waals surface area contributed by atoms with E-state index in [4.69, 9.17) is 13.9 Å². The molecule has 1 unspecified atom stereocenters. The summed E-state index contributed by atoms with van der Waals surface area (Å²) < 4.78 is 16.8. The molecule has 0 saturated heterocycles. The van der Waals surface area contributed by atoms with Crippen LogP contribution in [0.1, 0.15) is 32.7 Å². The van der Waals surface area contributed by atoms with Crippen molar-refractivity contribution in [3.05, 3.63) is 87.2 Å². The van der Waals surface area contributed by atoms with E-state index in [9.17, 15) is 9.59 Å². The Morgan fingerprint density at radius 2 is 1.91 bits per heavy atom.